The van der Waals surface area contributed by atoms with Gasteiger partial charge in [0.05, 0.1) is 18.7 Å². The van der Waals surface area contributed by atoms with Crippen LogP contribution >= 0.6 is 0 Å². The van der Waals surface area contributed by atoms with Crippen LogP contribution in [0.25, 0.3) is 5.76 Å². The van der Waals surface area contributed by atoms with E-state index in [-0.39, 0.29) is 16.7 Å². The first-order valence-corrected chi connectivity index (χ1v) is 11.1. The third-order valence-electron chi connectivity index (χ3n) is 5.85. The molecule has 1 aromatic heterocycles. The molecule has 6 nitrogen and oxygen atoms in total. The molecule has 170 valence electrons. The average Bonchev–Trinajstić information content (AvgIpc) is 3.03. The smallest absolute Gasteiger partial charge is 0.295 e. The van der Waals surface area contributed by atoms with E-state index < -0.39 is 17.7 Å². The SMILES string of the molecule is CCCCCN1C(=O)C(=O)/C(=C(\O)c2ccc(OC)c(C(C)(C)C)c2)C1c1ccncc1. The van der Waals surface area contributed by atoms with Gasteiger partial charge in [-0.3, -0.25) is 14.6 Å². The van der Waals surface area contributed by atoms with Crippen LogP contribution in [0.1, 0.15) is 69.7 Å². The molecular weight excluding hydrogens is 404 g/mol. The van der Waals surface area contributed by atoms with Gasteiger partial charge in [0.25, 0.3) is 11.7 Å². The van der Waals surface area contributed by atoms with Crippen LogP contribution in [-0.4, -0.2) is 40.3 Å². The van der Waals surface area contributed by atoms with Crippen LogP contribution in [-0.2, 0) is 15.0 Å². The molecule has 2 aromatic rings. The number of hydrogen-bond donors (Lipinski definition) is 1. The molecule has 1 saturated heterocycles. The Balaban J connectivity index is 2.16. The number of ether oxygens (including phenoxy) is 1. The van der Waals surface area contributed by atoms with Crippen LogP contribution in [0, 0.1) is 0 Å². The molecule has 1 unspecified atom stereocenters. The van der Waals surface area contributed by atoms with Crippen molar-refractivity contribution in [1.29, 1.82) is 0 Å². The summed E-state index contributed by atoms with van der Waals surface area (Å²) < 4.78 is 5.50. The zero-order valence-corrected chi connectivity index (χ0v) is 19.5. The van der Waals surface area contributed by atoms with Crippen LogP contribution in [0.15, 0.2) is 48.3 Å². The maximum absolute atomic E-state index is 13.1. The standard InChI is InChI=1S/C26H32N2O4/c1-6-7-8-15-28-22(17-11-13-27-14-12-17)21(24(30)25(28)31)23(29)18-9-10-20(32-5)19(16-18)26(2,3)4/h9-14,16,22,29H,6-8,15H2,1-5H3/b23-21-. The molecule has 0 radical (unpaired) electrons. The predicted octanol–water partition coefficient (Wildman–Crippen LogP) is 5.00. The number of amides is 1. The lowest BCUT2D eigenvalue weighted by Crippen LogP contribution is -2.30. The Morgan fingerprint density at radius 3 is 2.41 bits per heavy atom. The van der Waals surface area contributed by atoms with Crippen molar-refractivity contribution in [2.75, 3.05) is 13.7 Å². The summed E-state index contributed by atoms with van der Waals surface area (Å²) in [5.41, 5.74) is 2.02. The maximum Gasteiger partial charge on any atom is 0.295 e. The Kier molecular flexibility index (Phi) is 7.02. The molecule has 1 atom stereocenters. The maximum atomic E-state index is 13.1. The molecule has 0 spiro atoms. The summed E-state index contributed by atoms with van der Waals surface area (Å²) in [6.45, 7) is 8.71. The molecule has 0 bridgehead atoms. The van der Waals surface area contributed by atoms with E-state index in [1.165, 1.54) is 0 Å². The number of methoxy groups -OCH3 is 1. The monoisotopic (exact) mass is 436 g/mol. The summed E-state index contributed by atoms with van der Waals surface area (Å²) in [7, 11) is 1.61. The van der Waals surface area contributed by atoms with Crippen LogP contribution in [0.2, 0.25) is 0 Å². The molecule has 1 aromatic carbocycles. The average molecular weight is 437 g/mol. The molecule has 0 saturated carbocycles. The van der Waals surface area contributed by atoms with Gasteiger partial charge in [-0.25, -0.2) is 0 Å². The number of pyridine rings is 1. The van der Waals surface area contributed by atoms with E-state index >= 15 is 0 Å². The van der Waals surface area contributed by atoms with Crippen molar-refractivity contribution in [2.45, 2.75) is 58.4 Å². The highest BCUT2D eigenvalue weighted by atomic mass is 16.5. The Labute approximate surface area is 189 Å². The van der Waals surface area contributed by atoms with Crippen LogP contribution in [0.5, 0.6) is 5.75 Å². The molecule has 0 aliphatic carbocycles. The number of aliphatic hydroxyl groups is 1. The van der Waals surface area contributed by atoms with Crippen LogP contribution in [0.4, 0.5) is 0 Å². The lowest BCUT2D eigenvalue weighted by atomic mass is 9.84. The van der Waals surface area contributed by atoms with E-state index in [0.29, 0.717) is 17.9 Å². The fraction of sp³-hybridized carbons (Fsp3) is 0.423. The number of aliphatic hydroxyl groups excluding tert-OH is 1. The van der Waals surface area contributed by atoms with Crippen molar-refractivity contribution in [3.8, 4) is 5.75 Å². The highest BCUT2D eigenvalue weighted by Gasteiger charge is 2.45. The topological polar surface area (TPSA) is 79.7 Å². The predicted molar refractivity (Wildman–Crippen MR) is 124 cm³/mol. The number of hydrogen-bond acceptors (Lipinski definition) is 5. The van der Waals surface area contributed by atoms with Gasteiger partial charge < -0.3 is 14.7 Å². The zero-order valence-electron chi connectivity index (χ0n) is 19.5. The highest BCUT2D eigenvalue weighted by molar-refractivity contribution is 6.46. The number of benzene rings is 1. The van der Waals surface area contributed by atoms with Gasteiger partial charge in [-0.2, -0.15) is 0 Å². The van der Waals surface area contributed by atoms with Gasteiger partial charge in [0.2, 0.25) is 0 Å². The van der Waals surface area contributed by atoms with E-state index in [4.69, 9.17) is 4.74 Å². The Hall–Kier alpha value is -3.15. The quantitative estimate of drug-likeness (QED) is 0.286. The third kappa shape index (κ3) is 4.54. The minimum atomic E-state index is -0.658. The summed E-state index contributed by atoms with van der Waals surface area (Å²) in [6.07, 6.45) is 6.02. The molecule has 1 amide bonds. The third-order valence-corrected chi connectivity index (χ3v) is 5.85. The summed E-state index contributed by atoms with van der Waals surface area (Å²) in [6, 6.07) is 8.26. The minimum Gasteiger partial charge on any atom is -0.507 e. The second kappa shape index (κ2) is 9.55. The summed E-state index contributed by atoms with van der Waals surface area (Å²) in [5, 5.41) is 11.3. The number of carbonyl (C=O) groups excluding carboxylic acids is 2. The number of carbonyl (C=O) groups is 2. The summed E-state index contributed by atoms with van der Waals surface area (Å²) >= 11 is 0. The van der Waals surface area contributed by atoms with E-state index in [9.17, 15) is 14.7 Å². The number of rotatable bonds is 7. The number of aromatic nitrogens is 1. The second-order valence-electron chi connectivity index (χ2n) is 9.15. The molecule has 1 N–H and O–H groups in total. The first-order valence-electron chi connectivity index (χ1n) is 11.1. The molecule has 6 heteroatoms. The van der Waals surface area contributed by atoms with Gasteiger partial charge in [-0.15, -0.1) is 0 Å². The van der Waals surface area contributed by atoms with Crippen molar-refractivity contribution in [2.24, 2.45) is 0 Å². The number of unbranched alkanes of at least 4 members (excludes halogenated alkanes) is 2. The van der Waals surface area contributed by atoms with Crippen LogP contribution < -0.4 is 4.74 Å². The fourth-order valence-corrected chi connectivity index (χ4v) is 4.13. The van der Waals surface area contributed by atoms with E-state index in [0.717, 1.165) is 30.4 Å². The Morgan fingerprint density at radius 1 is 1.12 bits per heavy atom. The van der Waals surface area contributed by atoms with Gasteiger partial charge in [-0.05, 0) is 47.7 Å². The van der Waals surface area contributed by atoms with Crippen molar-refractivity contribution >= 4 is 17.4 Å². The molecule has 32 heavy (non-hydrogen) atoms. The number of nitrogens with zero attached hydrogens (tertiary/aromatic N) is 2. The van der Waals surface area contributed by atoms with E-state index in [1.807, 2.05) is 6.07 Å². The minimum absolute atomic E-state index is 0.114. The number of ketones is 1. The number of likely N-dealkylation sites (tertiary alicyclic amines) is 1. The molecular formula is C26H32N2O4. The summed E-state index contributed by atoms with van der Waals surface area (Å²) in [5.74, 6) is -0.695. The molecule has 1 fully saturated rings. The van der Waals surface area contributed by atoms with Gasteiger partial charge in [-0.1, -0.05) is 40.5 Å². The lowest BCUT2D eigenvalue weighted by molar-refractivity contribution is -0.139. The van der Waals surface area contributed by atoms with Gasteiger partial charge >= 0.3 is 0 Å². The van der Waals surface area contributed by atoms with E-state index in [1.54, 1.807) is 48.7 Å². The molecule has 3 rings (SSSR count). The van der Waals surface area contributed by atoms with Gasteiger partial charge in [0, 0.05) is 30.1 Å². The largest absolute Gasteiger partial charge is 0.507 e. The Bertz CT molecular complexity index is 1020. The second-order valence-corrected chi connectivity index (χ2v) is 9.15. The van der Waals surface area contributed by atoms with Crippen molar-refractivity contribution in [3.63, 3.8) is 0 Å². The van der Waals surface area contributed by atoms with Gasteiger partial charge in [0.1, 0.15) is 11.5 Å². The summed E-state index contributed by atoms with van der Waals surface area (Å²) in [4.78, 5) is 31.7. The lowest BCUT2D eigenvalue weighted by Gasteiger charge is -2.26. The number of Topliss-reactive ketones (excluding diaryl/α,β-unsaturated/α-hetero) is 1. The first kappa shape index (κ1) is 23.5. The zero-order chi connectivity index (χ0) is 23.5. The van der Waals surface area contributed by atoms with Crippen molar-refractivity contribution in [3.05, 3.63) is 65.0 Å². The molecule has 2 heterocycles. The normalized spacial score (nSPS) is 18.3. The van der Waals surface area contributed by atoms with Crippen molar-refractivity contribution < 1.29 is 19.4 Å². The molecule has 1 aliphatic rings. The van der Waals surface area contributed by atoms with Gasteiger partial charge in [0.15, 0.2) is 0 Å². The fourth-order valence-electron chi connectivity index (χ4n) is 4.13. The van der Waals surface area contributed by atoms with E-state index in [2.05, 4.69) is 32.7 Å². The first-order chi connectivity index (χ1) is 15.2. The Morgan fingerprint density at radius 2 is 1.81 bits per heavy atom. The molecule has 1 aliphatic heterocycles. The van der Waals surface area contributed by atoms with Crippen LogP contribution in [0.3, 0.4) is 0 Å². The highest BCUT2D eigenvalue weighted by Crippen LogP contribution is 2.41. The van der Waals surface area contributed by atoms with Crippen molar-refractivity contribution in [1.82, 2.24) is 9.88 Å².